The third-order valence-electron chi connectivity index (χ3n) is 3.70. The van der Waals surface area contributed by atoms with Crippen LogP contribution in [0.1, 0.15) is 42.4 Å². The summed E-state index contributed by atoms with van der Waals surface area (Å²) in [7, 11) is 1.99. The van der Waals surface area contributed by atoms with Crippen LogP contribution in [-0.2, 0) is 13.6 Å². The van der Waals surface area contributed by atoms with Crippen molar-refractivity contribution in [3.05, 3.63) is 28.8 Å². The molecule has 0 atom stereocenters. The molecule has 1 N–H and O–H groups in total. The minimum atomic E-state index is 0.820. The monoisotopic (exact) mass is 275 g/mol. The number of hydrogen-bond acceptors (Lipinski definition) is 3. The van der Waals surface area contributed by atoms with Crippen molar-refractivity contribution < 1.29 is 0 Å². The summed E-state index contributed by atoms with van der Waals surface area (Å²) in [4.78, 5) is 4.57. The molecule has 0 bridgehead atoms. The number of aromatic nitrogens is 4. The minimum absolute atomic E-state index is 0.820. The van der Waals surface area contributed by atoms with E-state index in [0.29, 0.717) is 0 Å². The number of anilines is 1. The van der Waals surface area contributed by atoms with Crippen molar-refractivity contribution >= 4 is 5.95 Å². The van der Waals surface area contributed by atoms with Gasteiger partial charge in [-0.05, 0) is 27.2 Å². The third kappa shape index (κ3) is 3.03. The standard InChI is InChI=1S/C15H25N5/c1-6-7-8-16-15-17-11(2)9-20(15)10-14-12(3)18-19(5)13(14)4/h9H,6-8,10H2,1-5H3,(H,16,17). The van der Waals surface area contributed by atoms with Crippen LogP contribution in [0.5, 0.6) is 0 Å². The molecule has 20 heavy (non-hydrogen) atoms. The molecule has 5 nitrogen and oxygen atoms in total. The molecule has 0 saturated heterocycles. The van der Waals surface area contributed by atoms with Gasteiger partial charge in [-0.2, -0.15) is 5.10 Å². The second kappa shape index (κ2) is 6.11. The summed E-state index contributed by atoms with van der Waals surface area (Å²) in [5.74, 6) is 0.957. The van der Waals surface area contributed by atoms with Gasteiger partial charge in [0.05, 0.1) is 17.9 Å². The topological polar surface area (TPSA) is 47.7 Å². The maximum Gasteiger partial charge on any atom is 0.203 e. The van der Waals surface area contributed by atoms with Gasteiger partial charge >= 0.3 is 0 Å². The Morgan fingerprint density at radius 2 is 2.00 bits per heavy atom. The summed E-state index contributed by atoms with van der Waals surface area (Å²) in [6.45, 7) is 10.2. The van der Waals surface area contributed by atoms with Crippen LogP contribution < -0.4 is 5.32 Å². The van der Waals surface area contributed by atoms with Gasteiger partial charge in [-0.15, -0.1) is 0 Å². The Balaban J connectivity index is 2.20. The number of nitrogens with one attached hydrogen (secondary N) is 1. The van der Waals surface area contributed by atoms with Crippen molar-refractivity contribution in [2.75, 3.05) is 11.9 Å². The smallest absolute Gasteiger partial charge is 0.203 e. The molecular weight excluding hydrogens is 250 g/mol. The Morgan fingerprint density at radius 3 is 2.60 bits per heavy atom. The van der Waals surface area contributed by atoms with Gasteiger partial charge in [0, 0.05) is 31.0 Å². The van der Waals surface area contributed by atoms with Gasteiger partial charge < -0.3 is 9.88 Å². The second-order valence-corrected chi connectivity index (χ2v) is 5.39. The van der Waals surface area contributed by atoms with Crippen LogP contribution >= 0.6 is 0 Å². The highest BCUT2D eigenvalue weighted by molar-refractivity contribution is 5.32. The first-order valence-electron chi connectivity index (χ1n) is 7.29. The molecule has 0 aliphatic carbocycles. The predicted octanol–water partition coefficient (Wildman–Crippen LogP) is 2.80. The molecule has 0 amide bonds. The summed E-state index contributed by atoms with van der Waals surface area (Å²) in [6.07, 6.45) is 4.45. The molecule has 2 heterocycles. The normalized spacial score (nSPS) is 11.1. The molecule has 0 spiro atoms. The van der Waals surface area contributed by atoms with Crippen LogP contribution in [0.2, 0.25) is 0 Å². The molecule has 0 aromatic carbocycles. The number of nitrogens with zero attached hydrogens (tertiary/aromatic N) is 4. The largest absolute Gasteiger partial charge is 0.356 e. The van der Waals surface area contributed by atoms with Crippen LogP contribution in [0, 0.1) is 20.8 Å². The van der Waals surface area contributed by atoms with E-state index in [1.165, 1.54) is 17.7 Å². The first kappa shape index (κ1) is 14.6. The molecule has 0 aliphatic heterocycles. The Hall–Kier alpha value is -1.78. The van der Waals surface area contributed by atoms with Gasteiger partial charge in [-0.3, -0.25) is 4.68 Å². The highest BCUT2D eigenvalue weighted by Gasteiger charge is 2.12. The zero-order valence-electron chi connectivity index (χ0n) is 13.2. The van der Waals surface area contributed by atoms with Gasteiger partial charge in [-0.25, -0.2) is 4.98 Å². The lowest BCUT2D eigenvalue weighted by Crippen LogP contribution is -2.10. The zero-order chi connectivity index (χ0) is 14.7. The third-order valence-corrected chi connectivity index (χ3v) is 3.70. The molecular formula is C15H25N5. The SMILES string of the molecule is CCCCNc1nc(C)cn1Cc1c(C)nn(C)c1C. The van der Waals surface area contributed by atoms with Crippen molar-refractivity contribution in [3.63, 3.8) is 0 Å². The van der Waals surface area contributed by atoms with Gasteiger partial charge in [0.1, 0.15) is 0 Å². The lowest BCUT2D eigenvalue weighted by Gasteiger charge is -2.10. The minimum Gasteiger partial charge on any atom is -0.356 e. The molecule has 2 aromatic rings. The molecule has 2 aromatic heterocycles. The van der Waals surface area contributed by atoms with Crippen LogP contribution in [0.3, 0.4) is 0 Å². The molecule has 2 rings (SSSR count). The highest BCUT2D eigenvalue weighted by atomic mass is 15.3. The molecule has 0 saturated carbocycles. The van der Waals surface area contributed by atoms with Gasteiger partial charge in [0.15, 0.2) is 0 Å². The molecule has 110 valence electrons. The number of imidazole rings is 1. The quantitative estimate of drug-likeness (QED) is 0.825. The molecule has 0 fully saturated rings. The summed E-state index contributed by atoms with van der Waals surface area (Å²) in [5, 5.41) is 7.91. The van der Waals surface area contributed by atoms with Crippen LogP contribution in [-0.4, -0.2) is 25.9 Å². The average Bonchev–Trinajstić information content (AvgIpc) is 2.85. The number of rotatable bonds is 6. The van der Waals surface area contributed by atoms with E-state index in [2.05, 4.69) is 46.9 Å². The van der Waals surface area contributed by atoms with E-state index < -0.39 is 0 Å². The molecule has 5 heteroatoms. The maximum absolute atomic E-state index is 4.57. The summed E-state index contributed by atoms with van der Waals surface area (Å²) in [5.41, 5.74) is 4.64. The van der Waals surface area contributed by atoms with Crippen LogP contribution in [0.4, 0.5) is 5.95 Å². The number of unbranched alkanes of at least 4 members (excludes halogenated alkanes) is 1. The van der Waals surface area contributed by atoms with Gasteiger partial charge in [-0.1, -0.05) is 13.3 Å². The van der Waals surface area contributed by atoms with E-state index in [9.17, 15) is 0 Å². The van der Waals surface area contributed by atoms with Gasteiger partial charge in [0.25, 0.3) is 0 Å². The molecule has 0 unspecified atom stereocenters. The fourth-order valence-corrected chi connectivity index (χ4v) is 2.40. The van der Waals surface area contributed by atoms with E-state index in [4.69, 9.17) is 0 Å². The van der Waals surface area contributed by atoms with Crippen molar-refractivity contribution in [3.8, 4) is 0 Å². The van der Waals surface area contributed by atoms with E-state index in [0.717, 1.165) is 36.8 Å². The lowest BCUT2D eigenvalue weighted by atomic mass is 10.2. The van der Waals surface area contributed by atoms with E-state index >= 15 is 0 Å². The number of aryl methyl sites for hydroxylation is 3. The van der Waals surface area contributed by atoms with Crippen molar-refractivity contribution in [2.24, 2.45) is 7.05 Å². The van der Waals surface area contributed by atoms with Crippen LogP contribution in [0.25, 0.3) is 0 Å². The van der Waals surface area contributed by atoms with E-state index in [1.807, 2.05) is 18.7 Å². The Labute approximate surface area is 121 Å². The van der Waals surface area contributed by atoms with Crippen LogP contribution in [0.15, 0.2) is 6.20 Å². The average molecular weight is 275 g/mol. The predicted molar refractivity (Wildman–Crippen MR) is 82.1 cm³/mol. The fraction of sp³-hybridized carbons (Fsp3) is 0.600. The number of hydrogen-bond donors (Lipinski definition) is 1. The summed E-state index contributed by atoms with van der Waals surface area (Å²) < 4.78 is 4.13. The first-order chi connectivity index (χ1) is 9.52. The van der Waals surface area contributed by atoms with E-state index in [-0.39, 0.29) is 0 Å². The Bertz CT molecular complexity index is 579. The highest BCUT2D eigenvalue weighted by Crippen LogP contribution is 2.17. The lowest BCUT2D eigenvalue weighted by molar-refractivity contribution is 0.726. The Kier molecular flexibility index (Phi) is 4.47. The fourth-order valence-electron chi connectivity index (χ4n) is 2.40. The molecule has 0 radical (unpaired) electrons. The van der Waals surface area contributed by atoms with Crippen molar-refractivity contribution in [2.45, 2.75) is 47.1 Å². The Morgan fingerprint density at radius 1 is 1.25 bits per heavy atom. The van der Waals surface area contributed by atoms with E-state index in [1.54, 1.807) is 0 Å². The van der Waals surface area contributed by atoms with Crippen molar-refractivity contribution in [1.82, 2.24) is 19.3 Å². The zero-order valence-corrected chi connectivity index (χ0v) is 13.2. The summed E-state index contributed by atoms with van der Waals surface area (Å²) in [6, 6.07) is 0. The summed E-state index contributed by atoms with van der Waals surface area (Å²) >= 11 is 0. The van der Waals surface area contributed by atoms with Crippen molar-refractivity contribution in [1.29, 1.82) is 0 Å². The maximum atomic E-state index is 4.57. The van der Waals surface area contributed by atoms with Gasteiger partial charge in [0.2, 0.25) is 5.95 Å². The second-order valence-electron chi connectivity index (χ2n) is 5.39. The first-order valence-corrected chi connectivity index (χ1v) is 7.29. The molecule has 0 aliphatic rings.